The van der Waals surface area contributed by atoms with Crippen molar-refractivity contribution in [3.63, 3.8) is 0 Å². The Balaban J connectivity index is 1.36. The summed E-state index contributed by atoms with van der Waals surface area (Å²) >= 11 is 6.50. The van der Waals surface area contributed by atoms with Gasteiger partial charge in [-0.3, -0.25) is 0 Å². The van der Waals surface area contributed by atoms with Crippen LogP contribution in [-0.2, 0) is 11.3 Å². The van der Waals surface area contributed by atoms with Gasteiger partial charge in [0.2, 0.25) is 0 Å². The Bertz CT molecular complexity index is 1470. The van der Waals surface area contributed by atoms with Crippen molar-refractivity contribution < 1.29 is 19.0 Å². The number of imidazole rings is 1. The molecule has 5 rings (SSSR count). The van der Waals surface area contributed by atoms with Crippen LogP contribution in [0.3, 0.4) is 0 Å². The van der Waals surface area contributed by atoms with E-state index >= 15 is 0 Å². The van der Waals surface area contributed by atoms with Crippen molar-refractivity contribution in [1.29, 1.82) is 0 Å². The topological polar surface area (TPSA) is 77.3 Å². The van der Waals surface area contributed by atoms with Crippen molar-refractivity contribution in [1.82, 2.24) is 14.7 Å². The number of ether oxygens (including phenoxy) is 3. The maximum absolute atomic E-state index is 12.2. The minimum atomic E-state index is -0.521. The molecule has 0 unspecified atom stereocenters. The molecular formula is C30H33ClN4O4. The van der Waals surface area contributed by atoms with Gasteiger partial charge in [-0.1, -0.05) is 41.9 Å². The van der Waals surface area contributed by atoms with Gasteiger partial charge in [-0.2, -0.15) is 0 Å². The van der Waals surface area contributed by atoms with Gasteiger partial charge in [0.05, 0.1) is 23.9 Å². The number of amides is 1. The Morgan fingerprint density at radius 2 is 1.92 bits per heavy atom. The fourth-order valence-corrected chi connectivity index (χ4v) is 4.87. The van der Waals surface area contributed by atoms with Crippen molar-refractivity contribution in [2.75, 3.05) is 25.1 Å². The van der Waals surface area contributed by atoms with Crippen LogP contribution < -0.4 is 19.7 Å². The first-order valence-corrected chi connectivity index (χ1v) is 13.3. The summed E-state index contributed by atoms with van der Waals surface area (Å²) < 4.78 is 19.0. The number of nitrogens with zero attached hydrogens (tertiary/aromatic N) is 3. The average molecular weight is 549 g/mol. The number of hydrogen-bond acceptors (Lipinski definition) is 6. The maximum atomic E-state index is 12.2. The fourth-order valence-electron chi connectivity index (χ4n) is 4.63. The molecule has 39 heavy (non-hydrogen) atoms. The Morgan fingerprint density at radius 1 is 1.13 bits per heavy atom. The number of pyridine rings is 1. The van der Waals surface area contributed by atoms with Gasteiger partial charge in [0.25, 0.3) is 0 Å². The smallest absolute Gasteiger partial charge is 0.407 e. The number of carbonyl (C=O) groups is 1. The molecular weight excluding hydrogens is 516 g/mol. The highest BCUT2D eigenvalue weighted by molar-refractivity contribution is 6.32. The van der Waals surface area contributed by atoms with E-state index in [2.05, 4.69) is 22.3 Å². The molecule has 1 aliphatic heterocycles. The molecule has 1 fully saturated rings. The summed E-state index contributed by atoms with van der Waals surface area (Å²) in [6, 6.07) is 17.8. The van der Waals surface area contributed by atoms with Gasteiger partial charge in [-0.25, -0.2) is 9.78 Å². The van der Waals surface area contributed by atoms with Crippen molar-refractivity contribution in [3.05, 3.63) is 77.6 Å². The van der Waals surface area contributed by atoms with Crippen molar-refractivity contribution >= 4 is 29.0 Å². The molecule has 8 nitrogen and oxygen atoms in total. The highest BCUT2D eigenvalue weighted by Crippen LogP contribution is 2.39. The molecule has 1 N–H and O–H groups in total. The number of nitrogens with one attached hydrogen (secondary N) is 1. The minimum absolute atomic E-state index is 0.0251. The Morgan fingerprint density at radius 3 is 2.67 bits per heavy atom. The van der Waals surface area contributed by atoms with E-state index < -0.39 is 5.60 Å². The van der Waals surface area contributed by atoms with E-state index in [1.165, 1.54) is 0 Å². The van der Waals surface area contributed by atoms with Crippen LogP contribution in [-0.4, -0.2) is 47.3 Å². The second kappa shape index (κ2) is 11.1. The van der Waals surface area contributed by atoms with Gasteiger partial charge in [0, 0.05) is 48.9 Å². The molecule has 4 aromatic rings. The molecule has 2 aromatic carbocycles. The van der Waals surface area contributed by atoms with Crippen LogP contribution in [0.15, 0.2) is 67.0 Å². The van der Waals surface area contributed by atoms with Gasteiger partial charge in [-0.05, 0) is 44.9 Å². The molecule has 0 aliphatic carbocycles. The summed E-state index contributed by atoms with van der Waals surface area (Å²) in [6.45, 7) is 7.52. The molecule has 0 spiro atoms. The number of halogens is 1. The highest BCUT2D eigenvalue weighted by atomic mass is 35.5. The van der Waals surface area contributed by atoms with Gasteiger partial charge < -0.3 is 28.8 Å². The Kier molecular flexibility index (Phi) is 7.57. The summed E-state index contributed by atoms with van der Waals surface area (Å²) in [6.07, 6.45) is 4.41. The van der Waals surface area contributed by atoms with E-state index in [9.17, 15) is 4.79 Å². The molecule has 0 bridgehead atoms. The first-order chi connectivity index (χ1) is 18.7. The molecule has 1 amide bonds. The lowest BCUT2D eigenvalue weighted by molar-refractivity contribution is 0.0509. The monoisotopic (exact) mass is 548 g/mol. The van der Waals surface area contributed by atoms with Gasteiger partial charge in [0.1, 0.15) is 29.4 Å². The largest absolute Gasteiger partial charge is 0.495 e. The van der Waals surface area contributed by atoms with E-state index in [-0.39, 0.29) is 12.1 Å². The molecule has 204 valence electrons. The number of methoxy groups -OCH3 is 1. The lowest BCUT2D eigenvalue weighted by Gasteiger charge is -2.22. The van der Waals surface area contributed by atoms with Gasteiger partial charge >= 0.3 is 6.09 Å². The summed E-state index contributed by atoms with van der Waals surface area (Å²) in [7, 11) is 1.58. The van der Waals surface area contributed by atoms with Gasteiger partial charge in [0.15, 0.2) is 0 Å². The lowest BCUT2D eigenvalue weighted by Crippen LogP contribution is -2.40. The third kappa shape index (κ3) is 6.40. The molecule has 0 radical (unpaired) electrons. The predicted molar refractivity (Wildman–Crippen MR) is 153 cm³/mol. The zero-order chi connectivity index (χ0) is 27.6. The van der Waals surface area contributed by atoms with Crippen molar-refractivity contribution in [2.45, 2.75) is 45.4 Å². The second-order valence-electron chi connectivity index (χ2n) is 10.6. The average Bonchev–Trinajstić information content (AvgIpc) is 3.53. The first kappa shape index (κ1) is 26.7. The van der Waals surface area contributed by atoms with Crippen LogP contribution in [0.2, 0.25) is 5.02 Å². The zero-order valence-corrected chi connectivity index (χ0v) is 23.4. The molecule has 1 saturated heterocycles. The molecule has 2 aromatic heterocycles. The third-order valence-electron chi connectivity index (χ3n) is 6.49. The van der Waals surface area contributed by atoms with Crippen LogP contribution in [0, 0.1) is 0 Å². The van der Waals surface area contributed by atoms with Crippen LogP contribution in [0.25, 0.3) is 16.9 Å². The summed E-state index contributed by atoms with van der Waals surface area (Å²) in [5.41, 5.74) is 3.90. The number of benzene rings is 2. The molecule has 1 atom stereocenters. The highest BCUT2D eigenvalue weighted by Gasteiger charge is 2.26. The van der Waals surface area contributed by atoms with Crippen LogP contribution in [0.1, 0.15) is 32.8 Å². The van der Waals surface area contributed by atoms with E-state index in [1.54, 1.807) is 13.2 Å². The number of anilines is 1. The molecule has 3 heterocycles. The number of alkyl carbamates (subject to hydrolysis) is 1. The third-order valence-corrected chi connectivity index (χ3v) is 6.78. The summed E-state index contributed by atoms with van der Waals surface area (Å²) in [5.74, 6) is 1.18. The van der Waals surface area contributed by atoms with Crippen LogP contribution >= 0.6 is 11.6 Å². The second-order valence-corrected chi connectivity index (χ2v) is 11.0. The number of fused-ring (bicyclic) bond motifs is 1. The minimum Gasteiger partial charge on any atom is -0.495 e. The van der Waals surface area contributed by atoms with Crippen LogP contribution in [0.4, 0.5) is 10.5 Å². The van der Waals surface area contributed by atoms with E-state index in [1.807, 2.05) is 74.0 Å². The van der Waals surface area contributed by atoms with Crippen molar-refractivity contribution in [2.24, 2.45) is 0 Å². The maximum Gasteiger partial charge on any atom is 0.407 e. The summed E-state index contributed by atoms with van der Waals surface area (Å²) in [5, 5.41) is 3.47. The number of rotatable bonds is 7. The fraction of sp³-hybridized carbons (Fsp3) is 0.333. The zero-order valence-electron chi connectivity index (χ0n) is 22.6. The number of hydrogen-bond donors (Lipinski definition) is 1. The van der Waals surface area contributed by atoms with E-state index in [0.717, 1.165) is 41.1 Å². The molecule has 1 aliphatic rings. The molecule has 9 heteroatoms. The van der Waals surface area contributed by atoms with E-state index in [0.29, 0.717) is 29.7 Å². The van der Waals surface area contributed by atoms with Crippen LogP contribution in [0.5, 0.6) is 11.5 Å². The normalized spacial score (nSPS) is 15.4. The van der Waals surface area contributed by atoms with Crippen molar-refractivity contribution in [3.8, 4) is 22.8 Å². The summed E-state index contributed by atoms with van der Waals surface area (Å²) in [4.78, 5) is 19.3. The lowest BCUT2D eigenvalue weighted by atomic mass is 10.1. The molecule has 0 saturated carbocycles. The van der Waals surface area contributed by atoms with Gasteiger partial charge in [-0.15, -0.1) is 0 Å². The predicted octanol–water partition coefficient (Wildman–Crippen LogP) is 6.35. The quantitative estimate of drug-likeness (QED) is 0.290. The van der Waals surface area contributed by atoms with E-state index in [4.69, 9.17) is 30.8 Å². The number of carbonyl (C=O) groups excluding carboxylic acids is 1. The Labute approximate surface area is 233 Å². The Hall–Kier alpha value is -3.91. The SMILES string of the molecule is COc1cc(OCc2ccccc2)c(-c2cn3ccc(N4CC[C@H](NC(=O)OC(C)(C)C)C4)cc3n2)cc1Cl. The first-order valence-electron chi connectivity index (χ1n) is 13.0. The number of aromatic nitrogens is 2. The standard InChI is InChI=1S/C30H33ClN4O4/c1-30(2,3)39-29(36)32-21-10-12-34(17-21)22-11-13-35-18-25(33-28(35)14-22)23-15-24(31)27(37-4)16-26(23)38-19-20-8-6-5-7-9-20/h5-9,11,13-16,18,21H,10,12,17,19H2,1-4H3,(H,32,36)/t21-/m0/s1.